The van der Waals surface area contributed by atoms with E-state index in [4.69, 9.17) is 0 Å². The molecule has 0 aromatic heterocycles. The summed E-state index contributed by atoms with van der Waals surface area (Å²) in [7, 11) is 0. The van der Waals surface area contributed by atoms with Crippen molar-refractivity contribution in [1.29, 1.82) is 0 Å². The summed E-state index contributed by atoms with van der Waals surface area (Å²) in [5.41, 5.74) is 1.73. The van der Waals surface area contributed by atoms with E-state index >= 15 is 0 Å². The molecule has 0 amide bonds. The molecule has 0 heterocycles. The van der Waals surface area contributed by atoms with Crippen molar-refractivity contribution in [2.45, 2.75) is 81.1 Å². The van der Waals surface area contributed by atoms with Crippen molar-refractivity contribution >= 4 is 11.6 Å². The van der Waals surface area contributed by atoms with Crippen molar-refractivity contribution < 1.29 is 9.59 Å². The van der Waals surface area contributed by atoms with E-state index in [-0.39, 0.29) is 33.2 Å². The summed E-state index contributed by atoms with van der Waals surface area (Å²) in [4.78, 5) is 25.1. The SMILES string of the molecule is CC1(C)CC(=O)/C(=C\NCCN/C=C2\C(=O)CC(C)(C)CC2(C)C)C(C)(C)C1. The molecule has 28 heavy (non-hydrogen) atoms. The molecule has 158 valence electrons. The van der Waals surface area contributed by atoms with Gasteiger partial charge in [-0.1, -0.05) is 55.4 Å². The number of hydrogen-bond donors (Lipinski definition) is 2. The molecule has 0 spiro atoms. The molecule has 2 rings (SSSR count). The quantitative estimate of drug-likeness (QED) is 0.526. The van der Waals surface area contributed by atoms with Crippen molar-refractivity contribution in [2.24, 2.45) is 21.7 Å². The van der Waals surface area contributed by atoms with Gasteiger partial charge in [-0.25, -0.2) is 0 Å². The molecule has 0 aromatic carbocycles. The Labute approximate surface area is 171 Å². The third-order valence-electron chi connectivity index (χ3n) is 6.08. The van der Waals surface area contributed by atoms with Crippen molar-refractivity contribution in [3.63, 3.8) is 0 Å². The van der Waals surface area contributed by atoms with Crippen LogP contribution in [0.1, 0.15) is 81.1 Å². The summed E-state index contributed by atoms with van der Waals surface area (Å²) in [6.07, 6.45) is 7.06. The molecule has 0 bridgehead atoms. The molecular weight excluding hydrogens is 348 g/mol. The highest BCUT2D eigenvalue weighted by atomic mass is 16.1. The zero-order valence-electron chi connectivity index (χ0n) is 19.2. The Kier molecular flexibility index (Phi) is 6.23. The summed E-state index contributed by atoms with van der Waals surface area (Å²) < 4.78 is 0. The maximum absolute atomic E-state index is 12.5. The van der Waals surface area contributed by atoms with E-state index in [2.05, 4.69) is 66.0 Å². The molecule has 2 N–H and O–H groups in total. The predicted molar refractivity (Wildman–Crippen MR) is 116 cm³/mol. The van der Waals surface area contributed by atoms with Gasteiger partial charge < -0.3 is 10.6 Å². The minimum Gasteiger partial charge on any atom is -0.389 e. The van der Waals surface area contributed by atoms with Crippen LogP contribution in [0.3, 0.4) is 0 Å². The molecule has 0 radical (unpaired) electrons. The van der Waals surface area contributed by atoms with E-state index in [1.54, 1.807) is 0 Å². The number of ketones is 2. The van der Waals surface area contributed by atoms with Gasteiger partial charge in [-0.3, -0.25) is 9.59 Å². The van der Waals surface area contributed by atoms with E-state index in [0.717, 1.165) is 24.0 Å². The van der Waals surface area contributed by atoms with Gasteiger partial charge in [0.05, 0.1) is 0 Å². The second-order valence-electron chi connectivity index (χ2n) is 11.7. The Balaban J connectivity index is 1.89. The molecule has 0 aromatic rings. The van der Waals surface area contributed by atoms with Crippen LogP contribution in [-0.2, 0) is 9.59 Å². The maximum atomic E-state index is 12.5. The highest BCUT2D eigenvalue weighted by Crippen LogP contribution is 2.47. The number of allylic oxidation sites excluding steroid dienone is 2. The fraction of sp³-hybridized carbons (Fsp3) is 0.750. The lowest BCUT2D eigenvalue weighted by molar-refractivity contribution is -0.122. The van der Waals surface area contributed by atoms with Gasteiger partial charge in [0, 0.05) is 49.5 Å². The van der Waals surface area contributed by atoms with Crippen molar-refractivity contribution in [2.75, 3.05) is 13.1 Å². The molecule has 4 nitrogen and oxygen atoms in total. The van der Waals surface area contributed by atoms with Crippen LogP contribution in [0.2, 0.25) is 0 Å². The summed E-state index contributed by atoms with van der Waals surface area (Å²) in [6, 6.07) is 0. The van der Waals surface area contributed by atoms with E-state index < -0.39 is 0 Å². The highest BCUT2D eigenvalue weighted by molar-refractivity contribution is 5.98. The number of nitrogens with one attached hydrogen (secondary N) is 2. The third kappa shape index (κ3) is 5.48. The number of Topliss-reactive ketones (excluding diaryl/α,β-unsaturated/α-hetero) is 2. The van der Waals surface area contributed by atoms with Gasteiger partial charge in [-0.2, -0.15) is 0 Å². The number of rotatable bonds is 5. The molecule has 2 aliphatic rings. The topological polar surface area (TPSA) is 58.2 Å². The standard InChI is InChI=1S/C24H40N2O2/c1-21(2)11-19(27)17(23(5,6)15-21)13-25-9-10-26-14-18-20(28)12-22(3,4)16-24(18,7)8/h13-14,25-26H,9-12,15-16H2,1-8H3/b17-13+,18-14+. The van der Waals surface area contributed by atoms with Crippen molar-refractivity contribution in [3.8, 4) is 0 Å². The zero-order valence-corrected chi connectivity index (χ0v) is 19.2. The van der Waals surface area contributed by atoms with Crippen LogP contribution >= 0.6 is 0 Å². The average molecular weight is 389 g/mol. The maximum Gasteiger partial charge on any atom is 0.161 e. The van der Waals surface area contributed by atoms with Gasteiger partial charge in [0.25, 0.3) is 0 Å². The molecule has 0 atom stereocenters. The second-order valence-corrected chi connectivity index (χ2v) is 11.7. The Hall–Kier alpha value is -1.58. The van der Waals surface area contributed by atoms with E-state index in [1.807, 2.05) is 12.4 Å². The minimum absolute atomic E-state index is 0.0690. The average Bonchev–Trinajstić information content (AvgIpc) is 2.43. The second kappa shape index (κ2) is 7.68. The molecule has 2 fully saturated rings. The lowest BCUT2D eigenvalue weighted by atomic mass is 9.62. The molecular formula is C24H40N2O2. The summed E-state index contributed by atoms with van der Waals surface area (Å²) in [5.74, 6) is 0.502. The Morgan fingerprint density at radius 3 is 1.29 bits per heavy atom. The van der Waals surface area contributed by atoms with Gasteiger partial charge in [0.15, 0.2) is 11.6 Å². The fourth-order valence-corrected chi connectivity index (χ4v) is 5.57. The van der Waals surface area contributed by atoms with Crippen LogP contribution in [0, 0.1) is 21.7 Å². The summed E-state index contributed by atoms with van der Waals surface area (Å²) in [6.45, 7) is 18.7. The number of carbonyl (C=O) groups excluding carboxylic acids is 2. The minimum atomic E-state index is -0.105. The van der Waals surface area contributed by atoms with Crippen LogP contribution in [0.25, 0.3) is 0 Å². The Bertz CT molecular complexity index is 633. The van der Waals surface area contributed by atoms with E-state index in [0.29, 0.717) is 25.9 Å². The van der Waals surface area contributed by atoms with Crippen molar-refractivity contribution in [1.82, 2.24) is 10.6 Å². The lowest BCUT2D eigenvalue weighted by Crippen LogP contribution is -2.38. The molecule has 2 saturated carbocycles. The molecule has 0 aliphatic heterocycles. The smallest absolute Gasteiger partial charge is 0.161 e. The number of hydrogen-bond acceptors (Lipinski definition) is 4. The molecule has 4 heteroatoms. The molecule has 0 saturated heterocycles. The largest absolute Gasteiger partial charge is 0.389 e. The van der Waals surface area contributed by atoms with Crippen LogP contribution in [0.15, 0.2) is 23.5 Å². The van der Waals surface area contributed by atoms with Crippen LogP contribution in [0.4, 0.5) is 0 Å². The van der Waals surface area contributed by atoms with E-state index in [9.17, 15) is 9.59 Å². The first kappa shape index (κ1) is 22.7. The first-order valence-electron chi connectivity index (χ1n) is 10.6. The monoisotopic (exact) mass is 388 g/mol. The number of carbonyl (C=O) groups is 2. The van der Waals surface area contributed by atoms with Crippen LogP contribution in [-0.4, -0.2) is 24.7 Å². The molecule has 2 aliphatic carbocycles. The van der Waals surface area contributed by atoms with Gasteiger partial charge in [-0.15, -0.1) is 0 Å². The zero-order chi connectivity index (χ0) is 21.4. The third-order valence-corrected chi connectivity index (χ3v) is 6.08. The highest BCUT2D eigenvalue weighted by Gasteiger charge is 2.42. The molecule has 0 unspecified atom stereocenters. The summed E-state index contributed by atoms with van der Waals surface area (Å²) >= 11 is 0. The first-order valence-corrected chi connectivity index (χ1v) is 10.6. The van der Waals surface area contributed by atoms with Gasteiger partial charge in [-0.05, 0) is 34.5 Å². The van der Waals surface area contributed by atoms with Crippen LogP contribution in [0.5, 0.6) is 0 Å². The first-order chi connectivity index (χ1) is 12.7. The Morgan fingerprint density at radius 2 is 1.00 bits per heavy atom. The normalized spacial score (nSPS) is 28.4. The van der Waals surface area contributed by atoms with Crippen LogP contribution < -0.4 is 10.6 Å². The Morgan fingerprint density at radius 1 is 0.679 bits per heavy atom. The lowest BCUT2D eigenvalue weighted by Gasteiger charge is -2.41. The van der Waals surface area contributed by atoms with Gasteiger partial charge >= 0.3 is 0 Å². The summed E-state index contributed by atoms with van der Waals surface area (Å²) in [5, 5.41) is 6.58. The predicted octanol–water partition coefficient (Wildman–Crippen LogP) is 4.76. The van der Waals surface area contributed by atoms with Gasteiger partial charge in [0.2, 0.25) is 0 Å². The fourth-order valence-electron chi connectivity index (χ4n) is 5.57. The van der Waals surface area contributed by atoms with Crippen molar-refractivity contribution in [3.05, 3.63) is 23.5 Å². The van der Waals surface area contributed by atoms with E-state index in [1.165, 1.54) is 0 Å². The van der Waals surface area contributed by atoms with Gasteiger partial charge in [0.1, 0.15) is 0 Å².